The summed E-state index contributed by atoms with van der Waals surface area (Å²) in [5.41, 5.74) is 0.577. The SMILES string of the molecule is C=C[C@@H]1C[C@]1(CC(=O)[C@@H]1C[C@@H](Oc2cc(-c3csc(NC(C)C)n3)nc3cc(OC)ccc23)CN1C(=O)[C@@H](CC(=O)CC1CCCC1)C(C)(C)C)P(=O)(O)Cc1c(F)cccc1F. The highest BCUT2D eigenvalue weighted by Crippen LogP contribution is 2.74. The lowest BCUT2D eigenvalue weighted by Gasteiger charge is -2.35. The van der Waals surface area contributed by atoms with Crippen LogP contribution in [0.3, 0.4) is 0 Å². The molecule has 1 saturated heterocycles. The number of ether oxygens (including phenoxy) is 2. The standard InChI is InChI=1S/C48H59F2N4O7PS/c1-8-30-23-48(30,62(58,59)26-35-37(49)14-11-15-38(35)50)24-43(56)42-21-33(25-54(42)45(57)36(47(4,5)6)19-31(55)18-29-12-9-10-13-29)61-44-22-40(41-27-63-46(53-41)51-28(2)3)52-39-20-32(60-7)16-17-34(39)44/h8,11,14-17,20,22,27-30,33,36,42H,1,9-10,12-13,18-19,21,23-26H2,2-7H3,(H,51,53)(H,58,59)/t30-,33-,36-,42+,48-/m1/s1. The van der Waals surface area contributed by atoms with Crippen molar-refractivity contribution in [1.29, 1.82) is 0 Å². The molecule has 4 aromatic rings. The molecular weight excluding hydrogens is 846 g/mol. The van der Waals surface area contributed by atoms with Crippen LogP contribution < -0.4 is 14.8 Å². The number of benzene rings is 2. The Hall–Kier alpha value is -4.52. The van der Waals surface area contributed by atoms with E-state index in [9.17, 15) is 27.8 Å². The lowest BCUT2D eigenvalue weighted by molar-refractivity contribution is -0.146. The van der Waals surface area contributed by atoms with Gasteiger partial charge >= 0.3 is 0 Å². The van der Waals surface area contributed by atoms with Crippen molar-refractivity contribution in [2.24, 2.45) is 23.2 Å². The molecule has 11 nitrogen and oxygen atoms in total. The van der Waals surface area contributed by atoms with E-state index in [4.69, 9.17) is 19.4 Å². The lowest BCUT2D eigenvalue weighted by atomic mass is 9.76. The number of nitrogens with zero attached hydrogens (tertiary/aromatic N) is 3. The first-order chi connectivity index (χ1) is 29.8. The van der Waals surface area contributed by atoms with Gasteiger partial charge < -0.3 is 24.6 Å². The normalized spacial score (nSPS) is 22.8. The minimum Gasteiger partial charge on any atom is -0.497 e. The first kappa shape index (κ1) is 46.5. The Morgan fingerprint density at radius 1 is 1.10 bits per heavy atom. The average molecular weight is 905 g/mol. The van der Waals surface area contributed by atoms with Crippen LogP contribution in [-0.2, 0) is 25.1 Å². The summed E-state index contributed by atoms with van der Waals surface area (Å²) in [6.07, 6.45) is 4.33. The Morgan fingerprint density at radius 3 is 2.44 bits per heavy atom. The van der Waals surface area contributed by atoms with Gasteiger partial charge in [-0.25, -0.2) is 18.7 Å². The molecule has 6 atom stereocenters. The molecule has 338 valence electrons. The summed E-state index contributed by atoms with van der Waals surface area (Å²) in [5.74, 6) is -2.71. The number of thiazole rings is 1. The van der Waals surface area contributed by atoms with Crippen LogP contribution in [0.5, 0.6) is 11.5 Å². The van der Waals surface area contributed by atoms with Gasteiger partial charge in [-0.3, -0.25) is 18.9 Å². The molecule has 3 aliphatic rings. The van der Waals surface area contributed by atoms with Crippen LogP contribution in [0.2, 0.25) is 0 Å². The van der Waals surface area contributed by atoms with Gasteiger partial charge in [-0.15, -0.1) is 17.9 Å². The first-order valence-corrected chi connectivity index (χ1v) is 24.6. The number of halogens is 2. The summed E-state index contributed by atoms with van der Waals surface area (Å²) < 4.78 is 56.4. The molecule has 2 saturated carbocycles. The third-order valence-electron chi connectivity index (χ3n) is 13.1. The number of methoxy groups -OCH3 is 1. The van der Waals surface area contributed by atoms with E-state index >= 15 is 4.79 Å². The van der Waals surface area contributed by atoms with Gasteiger partial charge in [-0.1, -0.05) is 58.6 Å². The van der Waals surface area contributed by atoms with Crippen molar-refractivity contribution in [2.45, 2.75) is 122 Å². The molecule has 63 heavy (non-hydrogen) atoms. The van der Waals surface area contributed by atoms with Crippen LogP contribution in [0, 0.1) is 34.8 Å². The number of aromatic nitrogens is 2. The van der Waals surface area contributed by atoms with Crippen LogP contribution in [0.4, 0.5) is 13.9 Å². The van der Waals surface area contributed by atoms with E-state index in [-0.39, 0.29) is 43.5 Å². The van der Waals surface area contributed by atoms with Gasteiger partial charge in [0, 0.05) is 66.1 Å². The van der Waals surface area contributed by atoms with Crippen LogP contribution in [0.25, 0.3) is 22.3 Å². The zero-order valence-electron chi connectivity index (χ0n) is 37.0. The quantitative estimate of drug-likeness (QED) is 0.0730. The Kier molecular flexibility index (Phi) is 13.7. The number of anilines is 1. The van der Waals surface area contributed by atoms with Gasteiger partial charge in [0.25, 0.3) is 0 Å². The molecule has 1 unspecified atom stereocenters. The van der Waals surface area contributed by atoms with E-state index in [1.54, 1.807) is 25.3 Å². The molecule has 7 rings (SSSR count). The number of amides is 1. The number of ketones is 2. The smallest absolute Gasteiger partial charge is 0.227 e. The molecule has 1 aliphatic heterocycles. The van der Waals surface area contributed by atoms with Crippen LogP contribution in [0.15, 0.2) is 60.5 Å². The molecular formula is C48H59F2N4O7PS. The number of fused-ring (bicyclic) bond motifs is 1. The zero-order chi connectivity index (χ0) is 45.4. The predicted octanol–water partition coefficient (Wildman–Crippen LogP) is 10.4. The number of carbonyl (C=O) groups is 3. The topological polar surface area (TPSA) is 148 Å². The maximum absolute atomic E-state index is 15.0. The minimum atomic E-state index is -4.47. The molecule has 0 radical (unpaired) electrons. The molecule has 15 heteroatoms. The van der Waals surface area contributed by atoms with Crippen molar-refractivity contribution < 1.29 is 42.1 Å². The summed E-state index contributed by atoms with van der Waals surface area (Å²) >= 11 is 1.45. The van der Waals surface area contributed by atoms with Crippen molar-refractivity contribution in [2.75, 3.05) is 19.0 Å². The second-order valence-corrected chi connectivity index (χ2v) is 22.5. The molecule has 2 aromatic carbocycles. The third kappa shape index (κ3) is 10.1. The number of rotatable bonds is 18. The van der Waals surface area contributed by atoms with Crippen molar-refractivity contribution in [3.63, 3.8) is 0 Å². The third-order valence-corrected chi connectivity index (χ3v) is 16.7. The average Bonchev–Trinajstić information content (AvgIpc) is 3.62. The second kappa shape index (κ2) is 18.5. The van der Waals surface area contributed by atoms with Crippen LogP contribution in [0.1, 0.15) is 98.0 Å². The highest BCUT2D eigenvalue weighted by atomic mass is 32.1. The summed E-state index contributed by atoms with van der Waals surface area (Å²) in [6.45, 7) is 13.6. The van der Waals surface area contributed by atoms with Gasteiger partial charge in [0.05, 0.1) is 42.2 Å². The van der Waals surface area contributed by atoms with Crippen molar-refractivity contribution >= 4 is 52.2 Å². The Morgan fingerprint density at radius 2 is 1.81 bits per heavy atom. The van der Waals surface area contributed by atoms with Gasteiger partial charge in [0.2, 0.25) is 13.3 Å². The van der Waals surface area contributed by atoms with E-state index in [1.165, 1.54) is 28.4 Å². The van der Waals surface area contributed by atoms with Gasteiger partial charge in [0.1, 0.15) is 40.7 Å². The number of nitrogens with one attached hydrogen (secondary N) is 1. The van der Waals surface area contributed by atoms with Crippen molar-refractivity contribution in [3.8, 4) is 22.9 Å². The van der Waals surface area contributed by atoms with Crippen molar-refractivity contribution in [3.05, 3.63) is 77.7 Å². The van der Waals surface area contributed by atoms with Crippen LogP contribution >= 0.6 is 18.7 Å². The summed E-state index contributed by atoms with van der Waals surface area (Å²) in [4.78, 5) is 66.4. The summed E-state index contributed by atoms with van der Waals surface area (Å²) in [7, 11) is -2.91. The monoisotopic (exact) mass is 904 g/mol. The molecule has 1 amide bonds. The fraction of sp³-hybridized carbons (Fsp3) is 0.521. The first-order valence-electron chi connectivity index (χ1n) is 21.9. The lowest BCUT2D eigenvalue weighted by Crippen LogP contribution is -2.48. The van der Waals surface area contributed by atoms with E-state index in [0.717, 1.165) is 42.9 Å². The molecule has 3 fully saturated rings. The fourth-order valence-electron chi connectivity index (χ4n) is 9.49. The molecule has 0 spiro atoms. The number of allylic oxidation sites excluding steroid dienone is 1. The minimum absolute atomic E-state index is 0.00219. The zero-order valence-corrected chi connectivity index (χ0v) is 38.7. The fourth-order valence-corrected chi connectivity index (χ4v) is 12.9. The van der Waals surface area contributed by atoms with Gasteiger partial charge in [0.15, 0.2) is 10.9 Å². The number of carbonyl (C=O) groups excluding carboxylic acids is 3. The predicted molar refractivity (Wildman–Crippen MR) is 242 cm³/mol. The number of likely N-dealkylation sites (tertiary alicyclic amines) is 1. The molecule has 2 aliphatic carbocycles. The maximum Gasteiger partial charge on any atom is 0.227 e. The second-order valence-electron chi connectivity index (χ2n) is 19.1. The number of hydrogen-bond acceptors (Lipinski definition) is 10. The van der Waals surface area contributed by atoms with Gasteiger partial charge in [-0.05, 0) is 61.8 Å². The van der Waals surface area contributed by atoms with E-state index in [1.807, 2.05) is 46.1 Å². The highest BCUT2D eigenvalue weighted by Gasteiger charge is 2.65. The molecule has 2 aromatic heterocycles. The van der Waals surface area contributed by atoms with Crippen molar-refractivity contribution in [1.82, 2.24) is 14.9 Å². The number of Topliss-reactive ketones (excluding diaryl/α,β-unsaturated/α-hetero) is 2. The van der Waals surface area contributed by atoms with Crippen LogP contribution in [-0.4, -0.2) is 74.2 Å². The number of hydrogen-bond donors (Lipinski definition) is 2. The van der Waals surface area contributed by atoms with E-state index < -0.39 is 77.5 Å². The largest absolute Gasteiger partial charge is 0.497 e. The Balaban J connectivity index is 1.23. The number of pyridine rings is 1. The van der Waals surface area contributed by atoms with Gasteiger partial charge in [-0.2, -0.15) is 0 Å². The Bertz CT molecular complexity index is 2410. The summed E-state index contributed by atoms with van der Waals surface area (Å²) in [5, 5.41) is 5.10. The Labute approximate surface area is 372 Å². The highest BCUT2D eigenvalue weighted by molar-refractivity contribution is 7.59. The molecule has 3 heterocycles. The van der Waals surface area contributed by atoms with E-state index in [2.05, 4.69) is 11.9 Å². The maximum atomic E-state index is 15.0. The van der Waals surface area contributed by atoms with E-state index in [0.29, 0.717) is 46.1 Å². The summed E-state index contributed by atoms with van der Waals surface area (Å²) in [6, 6.07) is 9.55. The molecule has 0 bridgehead atoms. The molecule has 2 N–H and O–H groups in total.